The SMILES string of the molecule is NC(=O)c1cccc2c(C=O)c3c(cc12)CCCCCC3. The number of carbonyl (C=O) groups excluding carboxylic acids is 2. The molecule has 3 rings (SSSR count). The van der Waals surface area contributed by atoms with Crippen molar-refractivity contribution in [2.75, 3.05) is 0 Å². The van der Waals surface area contributed by atoms with E-state index in [1.54, 1.807) is 12.1 Å². The Morgan fingerprint density at radius 2 is 1.81 bits per heavy atom. The van der Waals surface area contributed by atoms with E-state index in [-0.39, 0.29) is 0 Å². The molecular formula is C18H19NO2. The van der Waals surface area contributed by atoms with Crippen molar-refractivity contribution in [3.63, 3.8) is 0 Å². The summed E-state index contributed by atoms with van der Waals surface area (Å²) in [7, 11) is 0. The quantitative estimate of drug-likeness (QED) is 0.857. The molecule has 0 atom stereocenters. The monoisotopic (exact) mass is 281 g/mol. The van der Waals surface area contributed by atoms with Gasteiger partial charge >= 0.3 is 0 Å². The highest BCUT2D eigenvalue weighted by Crippen LogP contribution is 2.31. The van der Waals surface area contributed by atoms with Crippen LogP contribution in [0.4, 0.5) is 0 Å². The molecule has 0 saturated heterocycles. The van der Waals surface area contributed by atoms with E-state index in [0.29, 0.717) is 5.56 Å². The van der Waals surface area contributed by atoms with Gasteiger partial charge in [0.05, 0.1) is 0 Å². The minimum Gasteiger partial charge on any atom is -0.366 e. The number of aryl methyl sites for hydroxylation is 1. The second kappa shape index (κ2) is 5.68. The third kappa shape index (κ3) is 2.44. The molecule has 0 saturated carbocycles. The average molecular weight is 281 g/mol. The van der Waals surface area contributed by atoms with Gasteiger partial charge in [0, 0.05) is 11.1 Å². The largest absolute Gasteiger partial charge is 0.366 e. The van der Waals surface area contributed by atoms with Crippen LogP contribution >= 0.6 is 0 Å². The molecule has 3 nitrogen and oxygen atoms in total. The van der Waals surface area contributed by atoms with Crippen LogP contribution < -0.4 is 5.73 Å². The number of hydrogen-bond acceptors (Lipinski definition) is 2. The fourth-order valence-electron chi connectivity index (χ4n) is 3.39. The zero-order valence-corrected chi connectivity index (χ0v) is 12.0. The van der Waals surface area contributed by atoms with Crippen LogP contribution in [0.1, 0.15) is 57.5 Å². The zero-order chi connectivity index (χ0) is 14.8. The second-order valence-corrected chi connectivity index (χ2v) is 5.72. The van der Waals surface area contributed by atoms with Crippen molar-refractivity contribution in [2.24, 2.45) is 5.73 Å². The maximum atomic E-state index is 11.7. The molecule has 0 aromatic heterocycles. The van der Waals surface area contributed by atoms with Crippen molar-refractivity contribution in [1.29, 1.82) is 0 Å². The highest BCUT2D eigenvalue weighted by atomic mass is 16.1. The third-order valence-electron chi connectivity index (χ3n) is 4.43. The summed E-state index contributed by atoms with van der Waals surface area (Å²) in [6, 6.07) is 7.51. The normalized spacial score (nSPS) is 15.0. The molecule has 0 bridgehead atoms. The number of rotatable bonds is 2. The minimum atomic E-state index is -0.441. The van der Waals surface area contributed by atoms with Gasteiger partial charge in [-0.25, -0.2) is 0 Å². The predicted octanol–water partition coefficient (Wildman–Crippen LogP) is 3.41. The number of fused-ring (bicyclic) bond motifs is 2. The van der Waals surface area contributed by atoms with Gasteiger partial charge in [0.15, 0.2) is 6.29 Å². The van der Waals surface area contributed by atoms with Crippen molar-refractivity contribution >= 4 is 23.0 Å². The van der Waals surface area contributed by atoms with Crippen LogP contribution in [0.5, 0.6) is 0 Å². The number of primary amides is 1. The lowest BCUT2D eigenvalue weighted by Crippen LogP contribution is -2.12. The fraction of sp³-hybridized carbons (Fsp3) is 0.333. The first-order chi connectivity index (χ1) is 10.2. The molecule has 1 amide bonds. The summed E-state index contributed by atoms with van der Waals surface area (Å²) >= 11 is 0. The van der Waals surface area contributed by atoms with E-state index in [1.807, 2.05) is 6.07 Å². The van der Waals surface area contributed by atoms with Crippen molar-refractivity contribution in [2.45, 2.75) is 38.5 Å². The van der Waals surface area contributed by atoms with Crippen LogP contribution in [0.15, 0.2) is 24.3 Å². The molecule has 0 radical (unpaired) electrons. The van der Waals surface area contributed by atoms with E-state index < -0.39 is 5.91 Å². The number of benzene rings is 2. The molecule has 2 aromatic carbocycles. The van der Waals surface area contributed by atoms with Crippen LogP contribution in [0.3, 0.4) is 0 Å². The Kier molecular flexibility index (Phi) is 3.74. The maximum absolute atomic E-state index is 11.7. The van der Waals surface area contributed by atoms with Gasteiger partial charge in [-0.15, -0.1) is 0 Å². The molecule has 2 aromatic rings. The number of carbonyl (C=O) groups is 2. The van der Waals surface area contributed by atoms with Gasteiger partial charge in [0.25, 0.3) is 0 Å². The Morgan fingerprint density at radius 1 is 1.05 bits per heavy atom. The standard InChI is InChI=1S/C18H19NO2/c19-18(21)15-9-5-8-14-16(15)10-12-6-3-1-2-4-7-13(12)17(14)11-20/h5,8-11H,1-4,6-7H2,(H2,19,21). The van der Waals surface area contributed by atoms with E-state index in [1.165, 1.54) is 24.0 Å². The molecule has 1 aliphatic rings. The molecule has 0 fully saturated rings. The van der Waals surface area contributed by atoms with Crippen molar-refractivity contribution in [3.05, 3.63) is 46.5 Å². The molecular weight excluding hydrogens is 262 g/mol. The van der Waals surface area contributed by atoms with Crippen molar-refractivity contribution in [3.8, 4) is 0 Å². The molecule has 0 heterocycles. The molecule has 0 spiro atoms. The molecule has 0 unspecified atom stereocenters. The number of nitrogens with two attached hydrogens (primary N) is 1. The highest BCUT2D eigenvalue weighted by molar-refractivity contribution is 6.10. The van der Waals surface area contributed by atoms with E-state index in [2.05, 4.69) is 6.07 Å². The Morgan fingerprint density at radius 3 is 2.52 bits per heavy atom. The number of aldehydes is 1. The molecule has 108 valence electrons. The first kappa shape index (κ1) is 13.8. The first-order valence-corrected chi connectivity index (χ1v) is 7.55. The van der Waals surface area contributed by atoms with Gasteiger partial charge in [-0.3, -0.25) is 9.59 Å². The van der Waals surface area contributed by atoms with Gasteiger partial charge in [-0.05, 0) is 53.6 Å². The summed E-state index contributed by atoms with van der Waals surface area (Å²) in [5.74, 6) is -0.441. The Balaban J connectivity index is 2.33. The summed E-state index contributed by atoms with van der Waals surface area (Å²) in [4.78, 5) is 23.3. The van der Waals surface area contributed by atoms with Crippen molar-refractivity contribution in [1.82, 2.24) is 0 Å². The summed E-state index contributed by atoms with van der Waals surface area (Å²) in [5, 5.41) is 1.66. The highest BCUT2D eigenvalue weighted by Gasteiger charge is 2.17. The lowest BCUT2D eigenvalue weighted by Gasteiger charge is -2.18. The molecule has 1 aliphatic carbocycles. The third-order valence-corrected chi connectivity index (χ3v) is 4.43. The van der Waals surface area contributed by atoms with Crippen LogP contribution in [0, 0.1) is 0 Å². The lowest BCUT2D eigenvalue weighted by molar-refractivity contribution is 0.100. The Labute approximate surface area is 124 Å². The van der Waals surface area contributed by atoms with Crippen molar-refractivity contribution < 1.29 is 9.59 Å². The van der Waals surface area contributed by atoms with Gasteiger partial charge in [-0.2, -0.15) is 0 Å². The second-order valence-electron chi connectivity index (χ2n) is 5.72. The summed E-state index contributed by atoms with van der Waals surface area (Å²) in [6.45, 7) is 0. The lowest BCUT2D eigenvalue weighted by atomic mass is 9.86. The molecule has 3 heteroatoms. The summed E-state index contributed by atoms with van der Waals surface area (Å²) in [6.07, 6.45) is 7.56. The van der Waals surface area contributed by atoms with E-state index in [4.69, 9.17) is 5.73 Å². The van der Waals surface area contributed by atoms with Crippen LogP contribution in [0.2, 0.25) is 0 Å². The Bertz CT molecular complexity index is 719. The van der Waals surface area contributed by atoms with Crippen LogP contribution in [0.25, 0.3) is 10.8 Å². The Hall–Kier alpha value is -2.16. The fourth-order valence-corrected chi connectivity index (χ4v) is 3.39. The average Bonchev–Trinajstić information content (AvgIpc) is 2.46. The first-order valence-electron chi connectivity index (χ1n) is 7.55. The van der Waals surface area contributed by atoms with Crippen LogP contribution in [-0.2, 0) is 12.8 Å². The minimum absolute atomic E-state index is 0.441. The zero-order valence-electron chi connectivity index (χ0n) is 12.0. The topological polar surface area (TPSA) is 60.2 Å². The molecule has 2 N–H and O–H groups in total. The molecule has 0 aliphatic heterocycles. The summed E-state index contributed by atoms with van der Waals surface area (Å²) < 4.78 is 0. The maximum Gasteiger partial charge on any atom is 0.249 e. The molecule has 21 heavy (non-hydrogen) atoms. The van der Waals surface area contributed by atoms with Gasteiger partial charge in [0.2, 0.25) is 5.91 Å². The van der Waals surface area contributed by atoms with E-state index in [0.717, 1.165) is 48.3 Å². The van der Waals surface area contributed by atoms with E-state index in [9.17, 15) is 9.59 Å². The van der Waals surface area contributed by atoms with Crippen LogP contribution in [-0.4, -0.2) is 12.2 Å². The predicted molar refractivity (Wildman–Crippen MR) is 83.7 cm³/mol. The summed E-state index contributed by atoms with van der Waals surface area (Å²) in [5.41, 5.74) is 9.09. The smallest absolute Gasteiger partial charge is 0.249 e. The van der Waals surface area contributed by atoms with Gasteiger partial charge in [0.1, 0.15) is 0 Å². The number of hydrogen-bond donors (Lipinski definition) is 1. The van der Waals surface area contributed by atoms with E-state index >= 15 is 0 Å². The van der Waals surface area contributed by atoms with Gasteiger partial charge < -0.3 is 5.73 Å². The van der Waals surface area contributed by atoms with Gasteiger partial charge in [-0.1, -0.05) is 31.0 Å². The number of amides is 1.